The number of hydrogen-bond acceptors (Lipinski definition) is 7. The number of aromatic nitrogens is 2. The Bertz CT molecular complexity index is 898. The van der Waals surface area contributed by atoms with E-state index in [0.717, 1.165) is 51.1 Å². The molecular weight excluding hydrogens is 378 g/mol. The topological polar surface area (TPSA) is 82.3 Å². The van der Waals surface area contributed by atoms with Crippen LogP contribution in [-0.2, 0) is 9.53 Å². The molecule has 1 aliphatic heterocycles. The number of carbonyl (C=O) groups excluding carboxylic acids is 1. The van der Waals surface area contributed by atoms with Crippen LogP contribution in [0.2, 0.25) is 0 Å². The van der Waals surface area contributed by atoms with Crippen molar-refractivity contribution in [2.24, 2.45) is 5.92 Å². The van der Waals surface area contributed by atoms with Crippen LogP contribution in [0.15, 0.2) is 24.3 Å². The Morgan fingerprint density at radius 3 is 2.30 bits per heavy atom. The first kappa shape index (κ1) is 22.0. The minimum absolute atomic E-state index is 0.303. The van der Waals surface area contributed by atoms with Gasteiger partial charge < -0.3 is 14.5 Å². The number of carbonyl (C=O) groups is 1. The van der Waals surface area contributed by atoms with E-state index < -0.39 is 11.9 Å². The number of para-hydroxylation sites is 2. The third-order valence-corrected chi connectivity index (χ3v) is 5.95. The lowest BCUT2D eigenvalue weighted by atomic mass is 10.0. The van der Waals surface area contributed by atoms with E-state index in [1.54, 1.807) is 0 Å². The maximum atomic E-state index is 12.8. The number of anilines is 1. The first-order valence-electron chi connectivity index (χ1n) is 10.9. The first-order valence-corrected chi connectivity index (χ1v) is 10.9. The van der Waals surface area contributed by atoms with Gasteiger partial charge in [0.25, 0.3) is 0 Å². The highest BCUT2D eigenvalue weighted by atomic mass is 16.5. The summed E-state index contributed by atoms with van der Waals surface area (Å²) in [4.78, 5) is 26.9. The standard InChI is InChI=1S/C23H31N5O2/c1-4-17(5-2)16-30-23(29)18(15-24)21-22(28-13-11-27(6-3)12-14-28)26-20-10-8-7-9-19(20)25-21/h7-10,17-18H,4-6,11-14,16H2,1-3H3/t18-/m1/s1. The van der Waals surface area contributed by atoms with Crippen molar-refractivity contribution in [1.82, 2.24) is 14.9 Å². The van der Waals surface area contributed by atoms with E-state index in [0.29, 0.717) is 29.6 Å². The summed E-state index contributed by atoms with van der Waals surface area (Å²) in [6.07, 6.45) is 1.87. The molecule has 7 heteroatoms. The van der Waals surface area contributed by atoms with Gasteiger partial charge in [-0.05, 0) is 24.6 Å². The smallest absolute Gasteiger partial charge is 0.329 e. The lowest BCUT2D eigenvalue weighted by Gasteiger charge is -2.35. The number of nitriles is 1. The molecule has 2 aromatic rings. The monoisotopic (exact) mass is 409 g/mol. The highest BCUT2D eigenvalue weighted by Crippen LogP contribution is 2.29. The molecule has 1 fully saturated rings. The number of hydrogen-bond donors (Lipinski definition) is 0. The minimum atomic E-state index is -1.09. The second kappa shape index (κ2) is 10.4. The van der Waals surface area contributed by atoms with Gasteiger partial charge in [-0.3, -0.25) is 4.79 Å². The fraction of sp³-hybridized carbons (Fsp3) is 0.565. The second-order valence-corrected chi connectivity index (χ2v) is 7.72. The number of ether oxygens (including phenoxy) is 1. The summed E-state index contributed by atoms with van der Waals surface area (Å²) >= 11 is 0. The van der Waals surface area contributed by atoms with Crippen molar-refractivity contribution < 1.29 is 9.53 Å². The van der Waals surface area contributed by atoms with E-state index in [1.807, 2.05) is 24.3 Å². The van der Waals surface area contributed by atoms with Gasteiger partial charge in [0, 0.05) is 26.2 Å². The van der Waals surface area contributed by atoms with Crippen molar-refractivity contribution in [2.75, 3.05) is 44.2 Å². The molecule has 0 aliphatic carbocycles. The number of esters is 1. The number of rotatable bonds is 8. The van der Waals surface area contributed by atoms with Gasteiger partial charge in [-0.25, -0.2) is 9.97 Å². The van der Waals surface area contributed by atoms with Crippen LogP contribution in [0, 0.1) is 17.2 Å². The minimum Gasteiger partial charge on any atom is -0.464 e. The number of nitrogens with zero attached hydrogens (tertiary/aromatic N) is 5. The van der Waals surface area contributed by atoms with E-state index in [1.165, 1.54) is 0 Å². The molecule has 0 spiro atoms. The van der Waals surface area contributed by atoms with Crippen molar-refractivity contribution >= 4 is 22.8 Å². The molecule has 30 heavy (non-hydrogen) atoms. The Hall–Kier alpha value is -2.72. The van der Waals surface area contributed by atoms with Crippen LogP contribution >= 0.6 is 0 Å². The lowest BCUT2D eigenvalue weighted by molar-refractivity contribution is -0.145. The zero-order chi connectivity index (χ0) is 21.5. The third-order valence-electron chi connectivity index (χ3n) is 5.95. The number of fused-ring (bicyclic) bond motifs is 1. The van der Waals surface area contributed by atoms with Crippen molar-refractivity contribution in [1.29, 1.82) is 5.26 Å². The zero-order valence-electron chi connectivity index (χ0n) is 18.2. The molecule has 160 valence electrons. The summed E-state index contributed by atoms with van der Waals surface area (Å²) < 4.78 is 5.53. The van der Waals surface area contributed by atoms with Crippen molar-refractivity contribution in [2.45, 2.75) is 39.5 Å². The second-order valence-electron chi connectivity index (χ2n) is 7.72. The van der Waals surface area contributed by atoms with Gasteiger partial charge in [0.1, 0.15) is 5.69 Å². The highest BCUT2D eigenvalue weighted by Gasteiger charge is 2.31. The van der Waals surface area contributed by atoms with Crippen LogP contribution in [0.3, 0.4) is 0 Å². The Labute approximate surface area is 178 Å². The summed E-state index contributed by atoms with van der Waals surface area (Å²) in [5.41, 5.74) is 1.84. The molecule has 0 saturated carbocycles. The summed E-state index contributed by atoms with van der Waals surface area (Å²) in [6, 6.07) is 9.69. The van der Waals surface area contributed by atoms with Gasteiger partial charge in [-0.1, -0.05) is 45.7 Å². The molecule has 1 saturated heterocycles. The largest absolute Gasteiger partial charge is 0.464 e. The highest BCUT2D eigenvalue weighted by molar-refractivity contribution is 5.85. The van der Waals surface area contributed by atoms with Crippen molar-refractivity contribution in [3.63, 3.8) is 0 Å². The van der Waals surface area contributed by atoms with Gasteiger partial charge in [-0.2, -0.15) is 5.26 Å². The molecule has 1 aliphatic rings. The molecule has 0 unspecified atom stereocenters. The molecule has 0 amide bonds. The maximum Gasteiger partial charge on any atom is 0.329 e. The van der Waals surface area contributed by atoms with Crippen molar-refractivity contribution in [3.8, 4) is 6.07 Å². The predicted molar refractivity (Wildman–Crippen MR) is 117 cm³/mol. The molecule has 1 aromatic carbocycles. The van der Waals surface area contributed by atoms with E-state index in [-0.39, 0.29) is 0 Å². The van der Waals surface area contributed by atoms with Crippen molar-refractivity contribution in [3.05, 3.63) is 30.0 Å². The molecule has 2 heterocycles. The van der Waals surface area contributed by atoms with Crippen LogP contribution in [0.4, 0.5) is 5.82 Å². The SMILES string of the molecule is CCC(CC)COC(=O)[C@H](C#N)c1nc2ccccc2nc1N1CCN(CC)CC1. The Morgan fingerprint density at radius 1 is 1.10 bits per heavy atom. The van der Waals surface area contributed by atoms with Crippen LogP contribution in [-0.4, -0.2) is 60.2 Å². The fourth-order valence-corrected chi connectivity index (χ4v) is 3.74. The average Bonchev–Trinajstić information content (AvgIpc) is 2.80. The van der Waals surface area contributed by atoms with E-state index >= 15 is 0 Å². The average molecular weight is 410 g/mol. The zero-order valence-corrected chi connectivity index (χ0v) is 18.2. The van der Waals surface area contributed by atoms with Gasteiger partial charge in [0.05, 0.1) is 23.7 Å². The van der Waals surface area contributed by atoms with E-state index in [4.69, 9.17) is 14.7 Å². The summed E-state index contributed by atoms with van der Waals surface area (Å²) in [5.74, 6) is -0.703. The Morgan fingerprint density at radius 2 is 1.73 bits per heavy atom. The molecule has 0 bridgehead atoms. The Balaban J connectivity index is 1.93. The van der Waals surface area contributed by atoms with Gasteiger partial charge in [0.2, 0.25) is 0 Å². The van der Waals surface area contributed by atoms with Crippen LogP contribution < -0.4 is 4.90 Å². The number of benzene rings is 1. The number of piperazine rings is 1. The van der Waals surface area contributed by atoms with Crippen LogP contribution in [0.1, 0.15) is 45.2 Å². The third kappa shape index (κ3) is 4.88. The molecular formula is C23H31N5O2. The maximum absolute atomic E-state index is 12.8. The van der Waals surface area contributed by atoms with Crippen LogP contribution in [0.25, 0.3) is 11.0 Å². The molecule has 7 nitrogen and oxygen atoms in total. The molecule has 3 rings (SSSR count). The predicted octanol–water partition coefficient (Wildman–Crippen LogP) is 3.36. The lowest BCUT2D eigenvalue weighted by Crippen LogP contribution is -2.47. The Kier molecular flexibility index (Phi) is 7.58. The van der Waals surface area contributed by atoms with E-state index in [9.17, 15) is 10.1 Å². The van der Waals surface area contributed by atoms with Gasteiger partial charge in [0.15, 0.2) is 11.7 Å². The van der Waals surface area contributed by atoms with E-state index in [2.05, 4.69) is 36.6 Å². The van der Waals surface area contributed by atoms with Crippen LogP contribution in [0.5, 0.6) is 0 Å². The summed E-state index contributed by atoms with van der Waals surface area (Å²) in [5, 5.41) is 9.86. The summed E-state index contributed by atoms with van der Waals surface area (Å²) in [7, 11) is 0. The molecule has 1 aromatic heterocycles. The first-order chi connectivity index (χ1) is 14.6. The van der Waals surface area contributed by atoms with Gasteiger partial charge >= 0.3 is 5.97 Å². The number of likely N-dealkylation sites (N-methyl/N-ethyl adjacent to an activating group) is 1. The molecule has 0 radical (unpaired) electrons. The fourth-order valence-electron chi connectivity index (χ4n) is 3.74. The molecule has 0 N–H and O–H groups in total. The van der Waals surface area contributed by atoms with Gasteiger partial charge in [-0.15, -0.1) is 0 Å². The summed E-state index contributed by atoms with van der Waals surface area (Å²) in [6.45, 7) is 11.0. The normalized spacial score (nSPS) is 15.9. The quantitative estimate of drug-likeness (QED) is 0.618. The molecule has 1 atom stereocenters.